The molecule has 1 unspecified atom stereocenters. The highest BCUT2D eigenvalue weighted by atomic mass is 28.4. The Kier molecular flexibility index (Phi) is 5.24. The Morgan fingerprint density at radius 3 is 2.13 bits per heavy atom. The summed E-state index contributed by atoms with van der Waals surface area (Å²) in [7, 11) is -1.71. The molecule has 0 heterocycles. The van der Waals surface area contributed by atoms with Crippen LogP contribution in [0.15, 0.2) is 11.6 Å². The van der Waals surface area contributed by atoms with Crippen LogP contribution in [0.3, 0.4) is 0 Å². The molecule has 0 fully saturated rings. The first-order valence-electron chi connectivity index (χ1n) is 5.53. The van der Waals surface area contributed by atoms with Crippen LogP contribution in [0.2, 0.25) is 18.1 Å². The summed E-state index contributed by atoms with van der Waals surface area (Å²) >= 11 is 0. The van der Waals surface area contributed by atoms with Crippen LogP contribution in [0.5, 0.6) is 0 Å². The van der Waals surface area contributed by atoms with Gasteiger partial charge in [0.2, 0.25) is 0 Å². The zero-order valence-electron chi connectivity index (χ0n) is 11.2. The summed E-state index contributed by atoms with van der Waals surface area (Å²) in [6.07, 6.45) is 1.37. The minimum absolute atomic E-state index is 0.206. The van der Waals surface area contributed by atoms with Gasteiger partial charge in [-0.15, -0.1) is 0 Å². The van der Waals surface area contributed by atoms with Gasteiger partial charge in [-0.2, -0.15) is 0 Å². The number of allylic oxidation sites excluding steroid dienone is 1. The Labute approximate surface area is 95.5 Å². The highest BCUT2D eigenvalue weighted by Gasteiger charge is 2.37. The SMILES string of the molecule is CC(C)=CC(O)CO[Si](C)(C)C(C)(C)C. The zero-order chi connectivity index (χ0) is 12.3. The summed E-state index contributed by atoms with van der Waals surface area (Å²) in [5.74, 6) is 0. The van der Waals surface area contributed by atoms with Crippen LogP contribution in [0, 0.1) is 0 Å². The molecule has 0 saturated carbocycles. The molecule has 0 saturated heterocycles. The Morgan fingerprint density at radius 2 is 1.80 bits per heavy atom. The smallest absolute Gasteiger partial charge is 0.192 e. The van der Waals surface area contributed by atoms with Crippen molar-refractivity contribution >= 4 is 8.32 Å². The van der Waals surface area contributed by atoms with Gasteiger partial charge in [-0.05, 0) is 32.0 Å². The molecule has 0 spiro atoms. The first-order chi connectivity index (χ1) is 6.56. The Balaban J connectivity index is 4.22. The van der Waals surface area contributed by atoms with E-state index in [9.17, 15) is 5.11 Å². The van der Waals surface area contributed by atoms with Crippen molar-refractivity contribution in [3.63, 3.8) is 0 Å². The highest BCUT2D eigenvalue weighted by Crippen LogP contribution is 2.36. The third-order valence-corrected chi connectivity index (χ3v) is 7.45. The predicted octanol–water partition coefficient (Wildman–Crippen LogP) is 3.34. The topological polar surface area (TPSA) is 29.5 Å². The van der Waals surface area contributed by atoms with Gasteiger partial charge in [-0.3, -0.25) is 0 Å². The number of hydrogen-bond donors (Lipinski definition) is 1. The molecule has 0 aromatic heterocycles. The van der Waals surface area contributed by atoms with Gasteiger partial charge in [-0.25, -0.2) is 0 Å². The molecule has 1 N–H and O–H groups in total. The third-order valence-electron chi connectivity index (χ3n) is 2.95. The fourth-order valence-corrected chi connectivity index (χ4v) is 1.96. The minimum atomic E-state index is -1.71. The minimum Gasteiger partial charge on any atom is -0.414 e. The highest BCUT2D eigenvalue weighted by molar-refractivity contribution is 6.74. The van der Waals surface area contributed by atoms with E-state index >= 15 is 0 Å². The van der Waals surface area contributed by atoms with Gasteiger partial charge in [-0.1, -0.05) is 32.4 Å². The molecule has 0 aromatic rings. The van der Waals surface area contributed by atoms with Gasteiger partial charge >= 0.3 is 0 Å². The molecule has 0 aliphatic carbocycles. The van der Waals surface area contributed by atoms with Crippen molar-refractivity contribution in [1.82, 2.24) is 0 Å². The molecule has 0 aliphatic heterocycles. The van der Waals surface area contributed by atoms with E-state index in [1.165, 1.54) is 0 Å². The van der Waals surface area contributed by atoms with Gasteiger partial charge in [0.1, 0.15) is 0 Å². The van der Waals surface area contributed by atoms with Crippen LogP contribution in [0.25, 0.3) is 0 Å². The summed E-state index contributed by atoms with van der Waals surface area (Å²) in [5.41, 5.74) is 1.13. The second-order valence-electron chi connectivity index (χ2n) is 5.88. The van der Waals surface area contributed by atoms with E-state index in [-0.39, 0.29) is 5.04 Å². The maximum absolute atomic E-state index is 9.67. The van der Waals surface area contributed by atoms with Gasteiger partial charge in [0, 0.05) is 0 Å². The number of aliphatic hydroxyl groups excluding tert-OH is 1. The lowest BCUT2D eigenvalue weighted by molar-refractivity contribution is 0.135. The average Bonchev–Trinajstić information content (AvgIpc) is 1.97. The molecule has 1 atom stereocenters. The van der Waals surface area contributed by atoms with Crippen LogP contribution >= 0.6 is 0 Å². The summed E-state index contributed by atoms with van der Waals surface area (Å²) in [6, 6.07) is 0. The summed E-state index contributed by atoms with van der Waals surface area (Å²) in [4.78, 5) is 0. The second kappa shape index (κ2) is 5.28. The van der Waals surface area contributed by atoms with Crippen molar-refractivity contribution in [2.45, 2.75) is 58.9 Å². The van der Waals surface area contributed by atoms with E-state index in [0.717, 1.165) is 5.57 Å². The van der Waals surface area contributed by atoms with Crippen molar-refractivity contribution < 1.29 is 9.53 Å². The lowest BCUT2D eigenvalue weighted by Crippen LogP contribution is -2.42. The summed E-state index contributed by atoms with van der Waals surface area (Å²) in [6.45, 7) is 15.4. The fraction of sp³-hybridized carbons (Fsp3) is 0.833. The van der Waals surface area contributed by atoms with Crippen molar-refractivity contribution in [3.05, 3.63) is 11.6 Å². The van der Waals surface area contributed by atoms with Crippen LogP contribution in [-0.4, -0.2) is 26.1 Å². The predicted molar refractivity (Wildman–Crippen MR) is 68.6 cm³/mol. The van der Waals surface area contributed by atoms with Crippen LogP contribution in [-0.2, 0) is 4.43 Å². The van der Waals surface area contributed by atoms with E-state index in [1.54, 1.807) is 0 Å². The Hall–Kier alpha value is -0.123. The first kappa shape index (κ1) is 14.9. The quantitative estimate of drug-likeness (QED) is 0.593. The van der Waals surface area contributed by atoms with Crippen molar-refractivity contribution in [1.29, 1.82) is 0 Å². The summed E-state index contributed by atoms with van der Waals surface area (Å²) < 4.78 is 5.90. The molecule has 3 heteroatoms. The molecular weight excluding hydrogens is 204 g/mol. The van der Waals surface area contributed by atoms with Gasteiger partial charge in [0.25, 0.3) is 0 Å². The maximum Gasteiger partial charge on any atom is 0.192 e. The van der Waals surface area contributed by atoms with E-state index in [4.69, 9.17) is 4.43 Å². The molecule has 0 amide bonds. The van der Waals surface area contributed by atoms with Crippen molar-refractivity contribution in [2.75, 3.05) is 6.61 Å². The van der Waals surface area contributed by atoms with Crippen molar-refractivity contribution in [3.8, 4) is 0 Å². The molecule has 0 aliphatic rings. The van der Waals surface area contributed by atoms with Crippen LogP contribution in [0.4, 0.5) is 0 Å². The molecule has 0 bridgehead atoms. The first-order valence-corrected chi connectivity index (χ1v) is 8.44. The molecule has 0 radical (unpaired) electrons. The number of rotatable bonds is 4. The maximum atomic E-state index is 9.67. The average molecular weight is 230 g/mol. The Morgan fingerprint density at radius 1 is 1.33 bits per heavy atom. The fourth-order valence-electron chi connectivity index (χ4n) is 0.943. The van der Waals surface area contributed by atoms with Crippen LogP contribution < -0.4 is 0 Å². The van der Waals surface area contributed by atoms with E-state index < -0.39 is 14.4 Å². The second-order valence-corrected chi connectivity index (χ2v) is 10.7. The molecule has 90 valence electrons. The standard InChI is InChI=1S/C12H26O2Si/c1-10(2)8-11(13)9-14-15(6,7)12(3,4)5/h8,11,13H,9H2,1-7H3. The zero-order valence-corrected chi connectivity index (χ0v) is 12.2. The van der Waals surface area contributed by atoms with Gasteiger partial charge in [0.05, 0.1) is 12.7 Å². The summed E-state index contributed by atoms with van der Waals surface area (Å²) in [5, 5.41) is 9.88. The number of aliphatic hydroxyl groups is 1. The van der Waals surface area contributed by atoms with Crippen LogP contribution in [0.1, 0.15) is 34.6 Å². The largest absolute Gasteiger partial charge is 0.414 e. The van der Waals surface area contributed by atoms with E-state index in [1.807, 2.05) is 19.9 Å². The third kappa shape index (κ3) is 5.49. The number of hydrogen-bond acceptors (Lipinski definition) is 2. The van der Waals surface area contributed by atoms with Crippen molar-refractivity contribution in [2.24, 2.45) is 0 Å². The normalized spacial score (nSPS) is 14.9. The molecule has 2 nitrogen and oxygen atoms in total. The monoisotopic (exact) mass is 230 g/mol. The van der Waals surface area contributed by atoms with E-state index in [0.29, 0.717) is 6.61 Å². The lowest BCUT2D eigenvalue weighted by atomic mass is 10.2. The molecule has 15 heavy (non-hydrogen) atoms. The molecule has 0 rings (SSSR count). The van der Waals surface area contributed by atoms with Gasteiger partial charge in [0.15, 0.2) is 8.32 Å². The Bertz CT molecular complexity index is 222. The van der Waals surface area contributed by atoms with Gasteiger partial charge < -0.3 is 9.53 Å². The molecule has 0 aromatic carbocycles. The lowest BCUT2D eigenvalue weighted by Gasteiger charge is -2.36. The molecular formula is C12H26O2Si. The van der Waals surface area contributed by atoms with E-state index in [2.05, 4.69) is 33.9 Å².